The lowest BCUT2D eigenvalue weighted by Gasteiger charge is -2.45. The molecule has 0 aliphatic carbocycles. The van der Waals surface area contributed by atoms with Crippen LogP contribution in [0.5, 0.6) is 0 Å². The summed E-state index contributed by atoms with van der Waals surface area (Å²) in [6.07, 6.45) is 2.55. The Kier molecular flexibility index (Phi) is 5.46. The molecule has 0 amide bonds. The second kappa shape index (κ2) is 6.19. The summed E-state index contributed by atoms with van der Waals surface area (Å²) in [5.41, 5.74) is 0.414. The molecule has 0 bridgehead atoms. The summed E-state index contributed by atoms with van der Waals surface area (Å²) in [7, 11) is 0. The van der Waals surface area contributed by atoms with Crippen molar-refractivity contribution in [1.82, 2.24) is 10.2 Å². The van der Waals surface area contributed by atoms with E-state index in [9.17, 15) is 0 Å². The van der Waals surface area contributed by atoms with Gasteiger partial charge in [-0.15, -0.1) is 0 Å². The van der Waals surface area contributed by atoms with E-state index in [0.29, 0.717) is 11.5 Å². The second-order valence-corrected chi connectivity index (χ2v) is 6.98. The van der Waals surface area contributed by atoms with Gasteiger partial charge >= 0.3 is 0 Å². The monoisotopic (exact) mass is 240 g/mol. The normalized spacial score (nSPS) is 31.8. The third-order valence-corrected chi connectivity index (χ3v) is 4.03. The first-order valence-corrected chi connectivity index (χ1v) is 7.32. The number of likely N-dealkylation sites (tertiary alicyclic amines) is 1. The zero-order valence-corrected chi connectivity index (χ0v) is 12.7. The van der Waals surface area contributed by atoms with Gasteiger partial charge in [0.25, 0.3) is 0 Å². The van der Waals surface area contributed by atoms with E-state index in [-0.39, 0.29) is 0 Å². The molecule has 0 saturated carbocycles. The van der Waals surface area contributed by atoms with Gasteiger partial charge < -0.3 is 5.32 Å². The second-order valence-electron chi connectivity index (χ2n) is 6.98. The minimum atomic E-state index is 0.414. The van der Waals surface area contributed by atoms with Crippen LogP contribution in [0.15, 0.2) is 0 Å². The third-order valence-electron chi connectivity index (χ3n) is 4.03. The molecule has 1 fully saturated rings. The first-order chi connectivity index (χ1) is 7.85. The lowest BCUT2D eigenvalue weighted by molar-refractivity contribution is 0.0565. The summed E-state index contributed by atoms with van der Waals surface area (Å²) in [6, 6.07) is 1.43. The van der Waals surface area contributed by atoms with Crippen molar-refractivity contribution in [3.63, 3.8) is 0 Å². The van der Waals surface area contributed by atoms with Crippen LogP contribution in [0.2, 0.25) is 0 Å². The minimum absolute atomic E-state index is 0.414. The lowest BCUT2D eigenvalue weighted by Crippen LogP contribution is -2.55. The van der Waals surface area contributed by atoms with Gasteiger partial charge in [-0.1, -0.05) is 34.6 Å². The number of rotatable bonds is 4. The Hall–Kier alpha value is -0.0800. The van der Waals surface area contributed by atoms with Gasteiger partial charge in [0, 0.05) is 18.6 Å². The van der Waals surface area contributed by atoms with Crippen molar-refractivity contribution in [3.05, 3.63) is 0 Å². The van der Waals surface area contributed by atoms with Crippen LogP contribution in [0.4, 0.5) is 0 Å². The van der Waals surface area contributed by atoms with Crippen LogP contribution in [0.1, 0.15) is 54.4 Å². The molecule has 1 N–H and O–H groups in total. The van der Waals surface area contributed by atoms with Gasteiger partial charge in [-0.25, -0.2) is 0 Å². The van der Waals surface area contributed by atoms with Gasteiger partial charge in [0.05, 0.1) is 0 Å². The summed E-state index contributed by atoms with van der Waals surface area (Å²) >= 11 is 0. The summed E-state index contributed by atoms with van der Waals surface area (Å²) in [4.78, 5) is 2.68. The maximum absolute atomic E-state index is 3.71. The molecule has 102 valence electrons. The molecule has 1 heterocycles. The predicted octanol–water partition coefficient (Wildman–Crippen LogP) is 3.13. The number of nitrogens with zero attached hydrogens (tertiary/aromatic N) is 1. The highest BCUT2D eigenvalue weighted by atomic mass is 15.2. The fourth-order valence-corrected chi connectivity index (χ4v) is 2.89. The molecule has 2 heteroatoms. The SMILES string of the molecule is CCCNC1CCN(CC(C)(C)C)C(C)C1C. The molecule has 0 spiro atoms. The van der Waals surface area contributed by atoms with Gasteiger partial charge in [0.15, 0.2) is 0 Å². The summed E-state index contributed by atoms with van der Waals surface area (Å²) in [5, 5.41) is 3.71. The van der Waals surface area contributed by atoms with Crippen LogP contribution in [-0.2, 0) is 0 Å². The van der Waals surface area contributed by atoms with E-state index in [0.717, 1.165) is 12.0 Å². The van der Waals surface area contributed by atoms with E-state index >= 15 is 0 Å². The average Bonchev–Trinajstić information content (AvgIpc) is 2.22. The van der Waals surface area contributed by atoms with Crippen molar-refractivity contribution in [2.75, 3.05) is 19.6 Å². The van der Waals surface area contributed by atoms with Crippen LogP contribution in [0.3, 0.4) is 0 Å². The Labute approximate surface area is 108 Å². The van der Waals surface area contributed by atoms with Crippen LogP contribution < -0.4 is 5.32 Å². The largest absolute Gasteiger partial charge is 0.314 e. The molecule has 0 aromatic carbocycles. The van der Waals surface area contributed by atoms with Gasteiger partial charge in [-0.2, -0.15) is 0 Å². The molecule has 1 aliphatic rings. The molecule has 1 aliphatic heterocycles. The van der Waals surface area contributed by atoms with Crippen molar-refractivity contribution in [2.45, 2.75) is 66.5 Å². The molecule has 3 atom stereocenters. The summed E-state index contributed by atoms with van der Waals surface area (Å²) in [6.45, 7) is 17.7. The standard InChI is InChI=1S/C15H32N2/c1-7-9-16-14-8-10-17(11-15(4,5)6)13(3)12(14)2/h12-14,16H,7-11H2,1-6H3. The number of piperidine rings is 1. The van der Waals surface area contributed by atoms with Crippen LogP contribution in [0.25, 0.3) is 0 Å². The van der Waals surface area contributed by atoms with E-state index < -0.39 is 0 Å². The van der Waals surface area contributed by atoms with Crippen molar-refractivity contribution >= 4 is 0 Å². The summed E-state index contributed by atoms with van der Waals surface area (Å²) in [5.74, 6) is 0.762. The van der Waals surface area contributed by atoms with Gasteiger partial charge in [0.1, 0.15) is 0 Å². The van der Waals surface area contributed by atoms with E-state index in [1.54, 1.807) is 0 Å². The first kappa shape index (κ1) is 15.0. The quantitative estimate of drug-likeness (QED) is 0.812. The Bertz CT molecular complexity index is 219. The lowest BCUT2D eigenvalue weighted by atomic mass is 9.85. The number of hydrogen-bond acceptors (Lipinski definition) is 2. The van der Waals surface area contributed by atoms with E-state index in [1.165, 1.54) is 32.5 Å². The molecule has 1 saturated heterocycles. The highest BCUT2D eigenvalue weighted by Crippen LogP contribution is 2.27. The maximum Gasteiger partial charge on any atom is 0.0120 e. The molecule has 0 aromatic rings. The Balaban J connectivity index is 2.50. The smallest absolute Gasteiger partial charge is 0.0120 e. The Morgan fingerprint density at radius 2 is 1.88 bits per heavy atom. The molecule has 2 nitrogen and oxygen atoms in total. The first-order valence-electron chi connectivity index (χ1n) is 7.32. The topological polar surface area (TPSA) is 15.3 Å². The molecule has 17 heavy (non-hydrogen) atoms. The van der Waals surface area contributed by atoms with Crippen LogP contribution in [-0.4, -0.2) is 36.6 Å². The van der Waals surface area contributed by atoms with Gasteiger partial charge in [-0.3, -0.25) is 4.90 Å². The van der Waals surface area contributed by atoms with E-state index in [4.69, 9.17) is 0 Å². The van der Waals surface area contributed by atoms with Crippen LogP contribution in [0, 0.1) is 11.3 Å². The molecule has 1 rings (SSSR count). The predicted molar refractivity (Wildman–Crippen MR) is 76.4 cm³/mol. The fourth-order valence-electron chi connectivity index (χ4n) is 2.89. The average molecular weight is 240 g/mol. The maximum atomic E-state index is 3.71. The highest BCUT2D eigenvalue weighted by Gasteiger charge is 2.33. The minimum Gasteiger partial charge on any atom is -0.314 e. The Morgan fingerprint density at radius 1 is 1.24 bits per heavy atom. The number of hydrogen-bond donors (Lipinski definition) is 1. The molecular weight excluding hydrogens is 208 g/mol. The van der Waals surface area contributed by atoms with Crippen molar-refractivity contribution in [3.8, 4) is 0 Å². The number of nitrogens with one attached hydrogen (secondary N) is 1. The zero-order chi connectivity index (χ0) is 13.1. The third kappa shape index (κ3) is 4.59. The van der Waals surface area contributed by atoms with E-state index in [1.807, 2.05) is 0 Å². The van der Waals surface area contributed by atoms with Gasteiger partial charge in [-0.05, 0) is 44.2 Å². The Morgan fingerprint density at radius 3 is 2.41 bits per heavy atom. The summed E-state index contributed by atoms with van der Waals surface area (Å²) < 4.78 is 0. The van der Waals surface area contributed by atoms with Crippen LogP contribution >= 0.6 is 0 Å². The zero-order valence-electron chi connectivity index (χ0n) is 12.7. The molecule has 3 unspecified atom stereocenters. The molecule has 0 aromatic heterocycles. The highest BCUT2D eigenvalue weighted by molar-refractivity contribution is 4.89. The molecular formula is C15H32N2. The van der Waals surface area contributed by atoms with Gasteiger partial charge in [0.2, 0.25) is 0 Å². The fraction of sp³-hybridized carbons (Fsp3) is 1.00. The van der Waals surface area contributed by atoms with Crippen molar-refractivity contribution in [2.24, 2.45) is 11.3 Å². The van der Waals surface area contributed by atoms with Crippen molar-refractivity contribution < 1.29 is 0 Å². The van der Waals surface area contributed by atoms with E-state index in [2.05, 4.69) is 51.8 Å². The van der Waals surface area contributed by atoms with Crippen molar-refractivity contribution in [1.29, 1.82) is 0 Å². The molecule has 0 radical (unpaired) electrons.